The third-order valence-electron chi connectivity index (χ3n) is 4.82. The van der Waals surface area contributed by atoms with Crippen LogP contribution in [0.25, 0.3) is 0 Å². The summed E-state index contributed by atoms with van der Waals surface area (Å²) in [6, 6.07) is 6.89. The number of carbonyl (C=O) groups excluding carboxylic acids is 2. The first-order chi connectivity index (χ1) is 14.0. The van der Waals surface area contributed by atoms with Gasteiger partial charge in [-0.3, -0.25) is 4.79 Å². The number of anilines is 2. The molecule has 0 bridgehead atoms. The van der Waals surface area contributed by atoms with Crippen LogP contribution in [0.1, 0.15) is 63.8 Å². The van der Waals surface area contributed by atoms with E-state index in [0.717, 1.165) is 31.2 Å². The maximum atomic E-state index is 12.7. The third kappa shape index (κ3) is 5.13. The fourth-order valence-electron chi connectivity index (χ4n) is 3.49. The van der Waals surface area contributed by atoms with E-state index in [2.05, 4.69) is 10.6 Å². The van der Waals surface area contributed by atoms with Crippen LogP contribution >= 0.6 is 23.6 Å². The molecule has 0 radical (unpaired) electrons. The van der Waals surface area contributed by atoms with Crippen molar-refractivity contribution < 1.29 is 14.3 Å². The summed E-state index contributed by atoms with van der Waals surface area (Å²) in [4.78, 5) is 25.6. The summed E-state index contributed by atoms with van der Waals surface area (Å²) in [6.45, 7) is 2.12. The lowest BCUT2D eigenvalue weighted by atomic mass is 9.96. The summed E-state index contributed by atoms with van der Waals surface area (Å²) in [7, 11) is 0. The lowest BCUT2D eigenvalue weighted by Gasteiger charge is -2.13. The van der Waals surface area contributed by atoms with Crippen LogP contribution in [0, 0.1) is 0 Å². The minimum absolute atomic E-state index is 0.290. The number of rotatable bonds is 5. The second kappa shape index (κ2) is 9.84. The van der Waals surface area contributed by atoms with Gasteiger partial charge in [-0.15, -0.1) is 11.3 Å². The number of nitrogens with two attached hydrogens (primary N) is 1. The number of ether oxygens (including phenoxy) is 1. The summed E-state index contributed by atoms with van der Waals surface area (Å²) in [5.74, 6) is -0.865. The number of amides is 1. The van der Waals surface area contributed by atoms with E-state index in [4.69, 9.17) is 22.7 Å². The molecule has 0 unspecified atom stereocenters. The first kappa shape index (κ1) is 21.3. The number of thiophene rings is 1. The van der Waals surface area contributed by atoms with Crippen molar-refractivity contribution in [3.8, 4) is 0 Å². The first-order valence-corrected chi connectivity index (χ1v) is 11.0. The van der Waals surface area contributed by atoms with Crippen molar-refractivity contribution in [2.75, 3.05) is 17.2 Å². The number of primary amides is 1. The van der Waals surface area contributed by atoms with E-state index in [1.807, 2.05) is 0 Å². The molecule has 0 saturated heterocycles. The van der Waals surface area contributed by atoms with Crippen molar-refractivity contribution in [3.63, 3.8) is 0 Å². The zero-order valence-electron chi connectivity index (χ0n) is 16.4. The Labute approximate surface area is 179 Å². The molecule has 8 heteroatoms. The number of nitrogens with one attached hydrogen (secondary N) is 2. The minimum Gasteiger partial charge on any atom is -0.462 e. The van der Waals surface area contributed by atoms with Crippen molar-refractivity contribution in [1.29, 1.82) is 0 Å². The molecule has 154 valence electrons. The maximum absolute atomic E-state index is 12.7. The number of esters is 1. The van der Waals surface area contributed by atoms with Gasteiger partial charge in [0, 0.05) is 4.88 Å². The standard InChI is InChI=1S/C21H25N3O3S2/c1-2-27-20(26)17-14-10-5-3-4-6-12-16(14)29-19(17)24-21(28)23-15-11-8-7-9-13(15)18(22)25/h7-9,11H,2-6,10,12H2,1H3,(H2,22,25)(H2,23,24,28). The Hall–Kier alpha value is -2.45. The molecular formula is C21H25N3O3S2. The molecule has 0 aliphatic heterocycles. The van der Waals surface area contributed by atoms with Crippen LogP contribution in [-0.4, -0.2) is 23.6 Å². The summed E-state index contributed by atoms with van der Waals surface area (Å²) in [6.07, 6.45) is 6.38. The Balaban J connectivity index is 1.88. The molecule has 1 amide bonds. The fourth-order valence-corrected chi connectivity index (χ4v) is 5.05. The van der Waals surface area contributed by atoms with Gasteiger partial charge in [-0.25, -0.2) is 4.79 Å². The summed E-state index contributed by atoms with van der Waals surface area (Å²) >= 11 is 7.01. The van der Waals surface area contributed by atoms with Crippen LogP contribution in [0.4, 0.5) is 10.7 Å². The quantitative estimate of drug-likeness (QED) is 0.477. The number of hydrogen-bond donors (Lipinski definition) is 3. The molecule has 1 aromatic carbocycles. The van der Waals surface area contributed by atoms with E-state index in [1.54, 1.807) is 42.5 Å². The van der Waals surface area contributed by atoms with Gasteiger partial charge in [-0.2, -0.15) is 0 Å². The van der Waals surface area contributed by atoms with Crippen LogP contribution in [0.2, 0.25) is 0 Å². The SMILES string of the molecule is CCOC(=O)c1c(NC(=S)Nc2ccccc2C(N)=O)sc2c1CCCCCC2. The highest BCUT2D eigenvalue weighted by Gasteiger charge is 2.25. The van der Waals surface area contributed by atoms with Crippen molar-refractivity contribution in [1.82, 2.24) is 0 Å². The Morgan fingerprint density at radius 1 is 1.14 bits per heavy atom. The van der Waals surface area contributed by atoms with Crippen LogP contribution in [0.3, 0.4) is 0 Å². The van der Waals surface area contributed by atoms with Gasteiger partial charge in [0.2, 0.25) is 0 Å². The zero-order valence-corrected chi connectivity index (χ0v) is 18.0. The molecule has 3 rings (SSSR count). The number of para-hydroxylation sites is 1. The molecule has 29 heavy (non-hydrogen) atoms. The third-order valence-corrected chi connectivity index (χ3v) is 6.23. The lowest BCUT2D eigenvalue weighted by molar-refractivity contribution is 0.0526. The van der Waals surface area contributed by atoms with Crippen LogP contribution in [0.5, 0.6) is 0 Å². The van der Waals surface area contributed by atoms with Gasteiger partial charge in [0.25, 0.3) is 5.91 Å². The van der Waals surface area contributed by atoms with E-state index < -0.39 is 5.91 Å². The van der Waals surface area contributed by atoms with Gasteiger partial charge in [0.1, 0.15) is 5.00 Å². The van der Waals surface area contributed by atoms with Gasteiger partial charge < -0.3 is 21.1 Å². The minimum atomic E-state index is -0.540. The zero-order chi connectivity index (χ0) is 20.8. The van der Waals surface area contributed by atoms with Crippen molar-refractivity contribution >= 4 is 51.2 Å². The highest BCUT2D eigenvalue weighted by Crippen LogP contribution is 2.37. The molecule has 2 aromatic rings. The van der Waals surface area contributed by atoms with Crippen molar-refractivity contribution in [3.05, 3.63) is 45.8 Å². The highest BCUT2D eigenvalue weighted by molar-refractivity contribution is 7.80. The Morgan fingerprint density at radius 3 is 2.59 bits per heavy atom. The second-order valence-corrected chi connectivity index (χ2v) is 8.34. The molecule has 1 aliphatic rings. The maximum Gasteiger partial charge on any atom is 0.341 e. The number of thiocarbonyl (C=S) groups is 1. The van der Waals surface area contributed by atoms with E-state index in [1.165, 1.54) is 17.7 Å². The van der Waals surface area contributed by atoms with Crippen LogP contribution in [0.15, 0.2) is 24.3 Å². The summed E-state index contributed by atoms with van der Waals surface area (Å²) in [5, 5.41) is 7.14. The normalized spacial score (nSPS) is 13.6. The Bertz CT molecular complexity index is 924. The van der Waals surface area contributed by atoms with E-state index in [9.17, 15) is 9.59 Å². The number of benzene rings is 1. The van der Waals surface area contributed by atoms with Gasteiger partial charge in [-0.05, 0) is 62.5 Å². The number of fused-ring (bicyclic) bond motifs is 1. The van der Waals surface area contributed by atoms with E-state index in [-0.39, 0.29) is 5.97 Å². The van der Waals surface area contributed by atoms with Gasteiger partial charge in [0.05, 0.1) is 23.4 Å². The van der Waals surface area contributed by atoms with Crippen molar-refractivity contribution in [2.24, 2.45) is 5.73 Å². The highest BCUT2D eigenvalue weighted by atomic mass is 32.1. The summed E-state index contributed by atoms with van der Waals surface area (Å²) < 4.78 is 5.32. The van der Waals surface area contributed by atoms with Crippen LogP contribution < -0.4 is 16.4 Å². The molecule has 0 atom stereocenters. The monoisotopic (exact) mass is 431 g/mol. The molecule has 0 saturated carbocycles. The predicted octanol–water partition coefficient (Wildman–Crippen LogP) is 4.49. The molecule has 6 nitrogen and oxygen atoms in total. The molecular weight excluding hydrogens is 406 g/mol. The second-order valence-electron chi connectivity index (χ2n) is 6.83. The molecule has 4 N–H and O–H groups in total. The Morgan fingerprint density at radius 2 is 1.86 bits per heavy atom. The number of aryl methyl sites for hydroxylation is 1. The van der Waals surface area contributed by atoms with E-state index in [0.29, 0.717) is 33.5 Å². The van der Waals surface area contributed by atoms with Gasteiger partial charge in [-0.1, -0.05) is 25.0 Å². The largest absolute Gasteiger partial charge is 0.462 e. The average molecular weight is 432 g/mol. The molecule has 1 aliphatic carbocycles. The number of carbonyl (C=O) groups is 2. The molecule has 1 heterocycles. The van der Waals surface area contributed by atoms with Gasteiger partial charge in [0.15, 0.2) is 5.11 Å². The molecule has 0 fully saturated rings. The van der Waals surface area contributed by atoms with E-state index >= 15 is 0 Å². The van der Waals surface area contributed by atoms with Crippen molar-refractivity contribution in [2.45, 2.75) is 45.4 Å². The first-order valence-electron chi connectivity index (χ1n) is 9.79. The molecule has 0 spiro atoms. The van der Waals surface area contributed by atoms with Gasteiger partial charge >= 0.3 is 5.97 Å². The lowest BCUT2D eigenvalue weighted by Crippen LogP contribution is -2.23. The van der Waals surface area contributed by atoms with Crippen LogP contribution in [-0.2, 0) is 17.6 Å². The molecule has 1 aromatic heterocycles. The summed E-state index contributed by atoms with van der Waals surface area (Å²) in [5.41, 5.74) is 7.96. The smallest absolute Gasteiger partial charge is 0.341 e. The average Bonchev–Trinajstić information content (AvgIpc) is 2.98. The Kier molecular flexibility index (Phi) is 7.22. The number of hydrogen-bond acceptors (Lipinski definition) is 5. The topological polar surface area (TPSA) is 93.4 Å². The fraction of sp³-hybridized carbons (Fsp3) is 0.381. The predicted molar refractivity (Wildman–Crippen MR) is 121 cm³/mol.